The van der Waals surface area contributed by atoms with Crippen molar-refractivity contribution in [1.82, 2.24) is 0 Å². The van der Waals surface area contributed by atoms with Gasteiger partial charge in [0.05, 0.1) is 17.1 Å². The summed E-state index contributed by atoms with van der Waals surface area (Å²) in [6, 6.07) is 105. The fraction of sp³-hybridized carbons (Fsp3) is 0. The second-order valence-corrected chi connectivity index (χ2v) is 21.5. The van der Waals surface area contributed by atoms with E-state index in [4.69, 9.17) is 0 Å². The molecule has 0 fully saturated rings. The predicted molar refractivity (Wildman–Crippen MR) is 303 cm³/mol. The zero-order chi connectivity index (χ0) is 47.6. The molecule has 0 saturated heterocycles. The number of anilines is 12. The molecule has 3 aliphatic rings. The summed E-state index contributed by atoms with van der Waals surface area (Å²) < 4.78 is 0. The highest BCUT2D eigenvalue weighted by Crippen LogP contribution is 2.79. The van der Waals surface area contributed by atoms with Crippen LogP contribution in [-0.2, 0) is 0 Å². The zero-order valence-corrected chi connectivity index (χ0v) is 40.2. The molecule has 0 unspecified atom stereocenters. The molecule has 4 nitrogen and oxygen atoms in total. The first-order chi connectivity index (χ1) is 35.8. The van der Waals surface area contributed by atoms with Gasteiger partial charge in [0.25, 0.3) is 6.71 Å². The SMILES string of the molecule is c1ccc(N(c2ccccc2)c2cc3c4c(c2)N(c2ccccc2)c2ccc(N5c6ccccc6S(c6ccccc6)(c6ccccc6)c6ccccc65)cc2B4c2ccccc2N3c2ccccc2)cc1. The highest BCUT2D eigenvalue weighted by molar-refractivity contribution is 8.34. The molecular formula is C66H47BN4S. The van der Waals surface area contributed by atoms with Gasteiger partial charge in [-0.25, -0.2) is 0 Å². The second-order valence-electron chi connectivity index (χ2n) is 18.5. The van der Waals surface area contributed by atoms with E-state index in [1.165, 1.54) is 53.0 Å². The van der Waals surface area contributed by atoms with Crippen molar-refractivity contribution in [2.75, 3.05) is 19.6 Å². The summed E-state index contributed by atoms with van der Waals surface area (Å²) in [7, 11) is -1.91. The number of hydrogen-bond donors (Lipinski definition) is 0. The van der Waals surface area contributed by atoms with Gasteiger partial charge in [0.1, 0.15) is 0 Å². The van der Waals surface area contributed by atoms with Crippen LogP contribution in [0.15, 0.2) is 305 Å². The van der Waals surface area contributed by atoms with Gasteiger partial charge in [0, 0.05) is 70.8 Å². The first-order valence-corrected chi connectivity index (χ1v) is 26.3. The second kappa shape index (κ2) is 17.2. The van der Waals surface area contributed by atoms with E-state index in [1.807, 2.05) is 0 Å². The Bertz CT molecular complexity index is 3640. The molecule has 14 rings (SSSR count). The first-order valence-electron chi connectivity index (χ1n) is 24.7. The molecule has 0 bridgehead atoms. The van der Waals surface area contributed by atoms with Crippen molar-refractivity contribution in [3.63, 3.8) is 0 Å². The van der Waals surface area contributed by atoms with Crippen LogP contribution >= 0.6 is 10.0 Å². The third-order valence-corrected chi connectivity index (χ3v) is 18.6. The van der Waals surface area contributed by atoms with E-state index in [0.717, 1.165) is 51.2 Å². The molecule has 0 atom stereocenters. The number of nitrogens with zero attached hydrogens (tertiary/aromatic N) is 4. The molecule has 0 saturated carbocycles. The Balaban J connectivity index is 1.05. The molecule has 11 aromatic rings. The van der Waals surface area contributed by atoms with Gasteiger partial charge in [0.2, 0.25) is 0 Å². The summed E-state index contributed by atoms with van der Waals surface area (Å²) in [5.41, 5.74) is 17.4. The van der Waals surface area contributed by atoms with Gasteiger partial charge in [-0.3, -0.25) is 0 Å². The molecule has 0 radical (unpaired) electrons. The number of rotatable bonds is 8. The van der Waals surface area contributed by atoms with E-state index < -0.39 is 10.0 Å². The topological polar surface area (TPSA) is 13.0 Å². The van der Waals surface area contributed by atoms with Crippen LogP contribution < -0.4 is 36.0 Å². The van der Waals surface area contributed by atoms with Crippen molar-refractivity contribution < 1.29 is 0 Å². The number of fused-ring (bicyclic) bond motifs is 6. The average Bonchev–Trinajstić information content (AvgIpc) is 3.46. The van der Waals surface area contributed by atoms with E-state index >= 15 is 0 Å². The van der Waals surface area contributed by atoms with Crippen LogP contribution in [0.2, 0.25) is 0 Å². The standard InChI is InChI=1S/C66H47BN4S/c1-7-25-48(26-8-1)68(49-27-9-2-10-28-49)53-46-62-66-63(47-53)70(51-31-13-4-14-32-51)59-44-43-52(45-57(59)67(66)56-37-19-20-38-58(56)69(62)50-29-11-3-12-30-50)71-60-39-21-23-41-64(60)72(54-33-15-5-16-34-54,55-35-17-6-18-36-55)65-42-24-22-40-61(65)71/h1-47H. The molecule has 11 aromatic carbocycles. The molecule has 0 aromatic heterocycles. The normalized spacial score (nSPS) is 14.0. The van der Waals surface area contributed by atoms with E-state index in [0.29, 0.717) is 0 Å². The van der Waals surface area contributed by atoms with Crippen molar-refractivity contribution in [1.29, 1.82) is 0 Å². The van der Waals surface area contributed by atoms with Crippen molar-refractivity contribution >= 4 is 101 Å². The smallest absolute Gasteiger partial charge is 0.252 e. The monoisotopic (exact) mass is 938 g/mol. The maximum Gasteiger partial charge on any atom is 0.252 e. The quantitative estimate of drug-likeness (QED) is 0.141. The summed E-state index contributed by atoms with van der Waals surface area (Å²) in [4.78, 5) is 15.2. The van der Waals surface area contributed by atoms with Crippen LogP contribution in [0.5, 0.6) is 0 Å². The molecule has 0 spiro atoms. The summed E-state index contributed by atoms with van der Waals surface area (Å²) in [6.07, 6.45) is 0. The van der Waals surface area contributed by atoms with Gasteiger partial charge in [-0.05, 0) is 150 Å². The minimum absolute atomic E-state index is 0.0920. The molecule has 0 aliphatic carbocycles. The molecule has 0 amide bonds. The van der Waals surface area contributed by atoms with Crippen LogP contribution in [0.1, 0.15) is 0 Å². The summed E-state index contributed by atoms with van der Waals surface area (Å²) in [6.45, 7) is -0.0920. The van der Waals surface area contributed by atoms with Gasteiger partial charge in [-0.1, -0.05) is 152 Å². The third-order valence-electron chi connectivity index (χ3n) is 14.6. The molecule has 0 N–H and O–H groups in total. The van der Waals surface area contributed by atoms with Gasteiger partial charge < -0.3 is 19.6 Å². The lowest BCUT2D eigenvalue weighted by Crippen LogP contribution is -2.61. The minimum atomic E-state index is -1.91. The molecule has 3 heterocycles. The summed E-state index contributed by atoms with van der Waals surface area (Å²) in [5.74, 6) is 0. The van der Waals surface area contributed by atoms with Crippen LogP contribution in [0.3, 0.4) is 0 Å². The maximum atomic E-state index is 2.54. The Labute approximate surface area is 423 Å². The van der Waals surface area contributed by atoms with Crippen molar-refractivity contribution in [2.24, 2.45) is 0 Å². The number of para-hydroxylation sites is 7. The van der Waals surface area contributed by atoms with Gasteiger partial charge in [-0.2, -0.15) is 0 Å². The average molecular weight is 939 g/mol. The van der Waals surface area contributed by atoms with E-state index in [9.17, 15) is 0 Å². The van der Waals surface area contributed by atoms with Crippen LogP contribution in [-0.4, -0.2) is 6.71 Å². The maximum absolute atomic E-state index is 2.54. The number of benzene rings is 11. The lowest BCUT2D eigenvalue weighted by Gasteiger charge is -2.50. The predicted octanol–water partition coefficient (Wildman–Crippen LogP) is 16.4. The van der Waals surface area contributed by atoms with Crippen molar-refractivity contribution in [2.45, 2.75) is 19.6 Å². The highest BCUT2D eigenvalue weighted by Gasteiger charge is 2.46. The Kier molecular flexibility index (Phi) is 10.0. The van der Waals surface area contributed by atoms with Gasteiger partial charge in [0.15, 0.2) is 0 Å². The largest absolute Gasteiger partial charge is 0.311 e. The fourth-order valence-electron chi connectivity index (χ4n) is 11.7. The van der Waals surface area contributed by atoms with Crippen LogP contribution in [0.25, 0.3) is 0 Å². The Morgan fingerprint density at radius 2 is 0.667 bits per heavy atom. The van der Waals surface area contributed by atoms with Crippen molar-refractivity contribution in [3.05, 3.63) is 285 Å². The molecule has 72 heavy (non-hydrogen) atoms. The minimum Gasteiger partial charge on any atom is -0.311 e. The van der Waals surface area contributed by atoms with E-state index in [1.54, 1.807) is 0 Å². The molecule has 6 heteroatoms. The van der Waals surface area contributed by atoms with Crippen LogP contribution in [0.4, 0.5) is 68.2 Å². The van der Waals surface area contributed by atoms with Crippen LogP contribution in [0, 0.1) is 0 Å². The summed E-state index contributed by atoms with van der Waals surface area (Å²) in [5, 5.41) is 0. The van der Waals surface area contributed by atoms with Crippen molar-refractivity contribution in [3.8, 4) is 0 Å². The lowest BCUT2D eigenvalue weighted by molar-refractivity contribution is 1.12. The summed E-state index contributed by atoms with van der Waals surface area (Å²) >= 11 is 0. The van der Waals surface area contributed by atoms with E-state index in [-0.39, 0.29) is 6.71 Å². The molecule has 340 valence electrons. The molecular weight excluding hydrogens is 892 g/mol. The van der Waals surface area contributed by atoms with Gasteiger partial charge in [-0.15, -0.1) is 10.0 Å². The lowest BCUT2D eigenvalue weighted by atomic mass is 9.33. The zero-order valence-electron chi connectivity index (χ0n) is 39.4. The first kappa shape index (κ1) is 42.0. The number of hydrogen-bond acceptors (Lipinski definition) is 4. The Hall–Kier alpha value is -8.97. The van der Waals surface area contributed by atoms with Gasteiger partial charge >= 0.3 is 0 Å². The van der Waals surface area contributed by atoms with E-state index in [2.05, 4.69) is 305 Å². The Morgan fingerprint density at radius 1 is 0.278 bits per heavy atom. The highest BCUT2D eigenvalue weighted by atomic mass is 32.3. The molecule has 3 aliphatic heterocycles. The third kappa shape index (κ3) is 6.43. The Morgan fingerprint density at radius 3 is 1.17 bits per heavy atom. The fourth-order valence-corrected chi connectivity index (χ4v) is 15.9.